The molecule has 0 spiro atoms. The number of allylic oxidation sites excluding steroid dienone is 1. The van der Waals surface area contributed by atoms with Crippen molar-refractivity contribution in [3.63, 3.8) is 0 Å². The zero-order chi connectivity index (χ0) is 11.6. The van der Waals surface area contributed by atoms with Crippen LogP contribution in [0.2, 0.25) is 0 Å². The minimum absolute atomic E-state index is 0.155. The van der Waals surface area contributed by atoms with Gasteiger partial charge in [0.05, 0.1) is 12.2 Å². The number of Topliss-reactive ketones (excluding diaryl/α,β-unsaturated/α-hetero) is 1. The maximum atomic E-state index is 9.46. The Labute approximate surface area is 86.5 Å². The van der Waals surface area contributed by atoms with Crippen molar-refractivity contribution in [3.8, 4) is 0 Å². The lowest BCUT2D eigenvalue weighted by atomic mass is 9.96. The molecular weight excluding hydrogens is 180 g/mol. The first kappa shape index (κ1) is 15.8. The highest BCUT2D eigenvalue weighted by Crippen LogP contribution is 2.15. The summed E-state index contributed by atoms with van der Waals surface area (Å²) in [5.74, 6) is 0.167. The molecule has 0 heterocycles. The fourth-order valence-electron chi connectivity index (χ4n) is 0.738. The van der Waals surface area contributed by atoms with Gasteiger partial charge in [0.1, 0.15) is 5.78 Å². The molecule has 0 rings (SSSR count). The van der Waals surface area contributed by atoms with Gasteiger partial charge in [0.2, 0.25) is 0 Å². The number of aliphatic hydroxyl groups excluding tert-OH is 1. The van der Waals surface area contributed by atoms with Gasteiger partial charge in [-0.05, 0) is 33.1 Å². The summed E-state index contributed by atoms with van der Waals surface area (Å²) >= 11 is 0. The van der Waals surface area contributed by atoms with Gasteiger partial charge in [-0.3, -0.25) is 0 Å². The first-order valence-corrected chi connectivity index (χ1v) is 4.83. The van der Waals surface area contributed by atoms with Crippen LogP contribution >= 0.6 is 0 Å². The summed E-state index contributed by atoms with van der Waals surface area (Å²) in [6.45, 7) is 8.30. The Morgan fingerprint density at radius 3 is 2.14 bits per heavy atom. The third-order valence-corrected chi connectivity index (χ3v) is 1.77. The second-order valence-corrected chi connectivity index (χ2v) is 3.47. The highest BCUT2D eigenvalue weighted by atomic mass is 16.3. The lowest BCUT2D eigenvalue weighted by Crippen LogP contribution is -2.31. The quantitative estimate of drug-likeness (QED) is 0.667. The molecule has 1 unspecified atom stereocenters. The van der Waals surface area contributed by atoms with E-state index < -0.39 is 5.60 Å². The normalized spacial score (nSPS) is 13.5. The van der Waals surface area contributed by atoms with Gasteiger partial charge in [0.15, 0.2) is 0 Å². The number of aliphatic hydroxyl groups is 2. The SMILES string of the molecule is C=CCCC(O)(CC)CO.CC(C)=O. The van der Waals surface area contributed by atoms with Crippen LogP contribution in [0.1, 0.15) is 40.0 Å². The highest BCUT2D eigenvalue weighted by Gasteiger charge is 2.21. The summed E-state index contributed by atoms with van der Waals surface area (Å²) in [5, 5.41) is 18.2. The first-order chi connectivity index (χ1) is 6.41. The van der Waals surface area contributed by atoms with E-state index in [1.807, 2.05) is 6.92 Å². The number of carbonyl (C=O) groups excluding carboxylic acids is 1. The summed E-state index contributed by atoms with van der Waals surface area (Å²) in [6, 6.07) is 0. The molecule has 1 atom stereocenters. The molecule has 2 N–H and O–H groups in total. The number of rotatable bonds is 5. The highest BCUT2D eigenvalue weighted by molar-refractivity contribution is 5.72. The molecule has 3 nitrogen and oxygen atoms in total. The molecule has 0 fully saturated rings. The van der Waals surface area contributed by atoms with Gasteiger partial charge in [0, 0.05) is 0 Å². The standard InChI is InChI=1S/C8H16O2.C3H6O/c1-3-5-6-8(10,4-2)7-9;1-3(2)4/h3,9-10H,1,4-7H2,2H3;1-2H3. The summed E-state index contributed by atoms with van der Waals surface area (Å²) in [6.07, 6.45) is 3.70. The van der Waals surface area contributed by atoms with Crippen molar-refractivity contribution in [1.29, 1.82) is 0 Å². The zero-order valence-corrected chi connectivity index (χ0v) is 9.42. The number of hydrogen-bond acceptors (Lipinski definition) is 3. The van der Waals surface area contributed by atoms with E-state index >= 15 is 0 Å². The molecule has 0 aliphatic carbocycles. The van der Waals surface area contributed by atoms with Crippen molar-refractivity contribution < 1.29 is 15.0 Å². The average molecular weight is 202 g/mol. The summed E-state index contributed by atoms with van der Waals surface area (Å²) < 4.78 is 0. The van der Waals surface area contributed by atoms with Crippen molar-refractivity contribution in [1.82, 2.24) is 0 Å². The maximum absolute atomic E-state index is 9.46. The van der Waals surface area contributed by atoms with Crippen LogP contribution in [0.4, 0.5) is 0 Å². The van der Waals surface area contributed by atoms with Crippen LogP contribution in [-0.4, -0.2) is 28.2 Å². The molecule has 0 aromatic carbocycles. The third kappa shape index (κ3) is 11.3. The summed E-state index contributed by atoms with van der Waals surface area (Å²) in [7, 11) is 0. The van der Waals surface area contributed by atoms with Crippen LogP contribution in [0.15, 0.2) is 12.7 Å². The second kappa shape index (κ2) is 8.91. The molecule has 0 radical (unpaired) electrons. The molecule has 0 saturated heterocycles. The Morgan fingerprint density at radius 2 is 1.93 bits per heavy atom. The van der Waals surface area contributed by atoms with Crippen molar-refractivity contribution in [3.05, 3.63) is 12.7 Å². The van der Waals surface area contributed by atoms with Gasteiger partial charge in [0.25, 0.3) is 0 Å². The van der Waals surface area contributed by atoms with E-state index in [0.717, 1.165) is 6.42 Å². The molecule has 0 amide bonds. The molecule has 84 valence electrons. The van der Waals surface area contributed by atoms with Crippen LogP contribution in [0, 0.1) is 0 Å². The van der Waals surface area contributed by atoms with E-state index in [0.29, 0.717) is 12.8 Å². The number of ketones is 1. The molecule has 0 saturated carbocycles. The monoisotopic (exact) mass is 202 g/mol. The molecule has 3 heteroatoms. The molecular formula is C11H22O3. The van der Waals surface area contributed by atoms with Crippen LogP contribution in [0.5, 0.6) is 0 Å². The van der Waals surface area contributed by atoms with Gasteiger partial charge in [-0.2, -0.15) is 0 Å². The molecule has 0 aromatic heterocycles. The van der Waals surface area contributed by atoms with Gasteiger partial charge >= 0.3 is 0 Å². The first-order valence-electron chi connectivity index (χ1n) is 4.83. The van der Waals surface area contributed by atoms with Gasteiger partial charge in [-0.25, -0.2) is 0 Å². The molecule has 0 aromatic rings. The zero-order valence-electron chi connectivity index (χ0n) is 9.42. The Bertz CT molecular complexity index is 156. The minimum atomic E-state index is -0.881. The molecule has 0 bridgehead atoms. The van der Waals surface area contributed by atoms with E-state index in [1.165, 1.54) is 13.8 Å². The fourth-order valence-corrected chi connectivity index (χ4v) is 0.738. The Balaban J connectivity index is 0. The van der Waals surface area contributed by atoms with E-state index in [4.69, 9.17) is 5.11 Å². The van der Waals surface area contributed by atoms with Crippen molar-refractivity contribution in [2.24, 2.45) is 0 Å². The van der Waals surface area contributed by atoms with Crippen LogP contribution in [0.3, 0.4) is 0 Å². The van der Waals surface area contributed by atoms with Crippen molar-refractivity contribution in [2.45, 2.75) is 45.6 Å². The van der Waals surface area contributed by atoms with Gasteiger partial charge in [-0.15, -0.1) is 6.58 Å². The summed E-state index contributed by atoms with van der Waals surface area (Å²) in [4.78, 5) is 9.44. The smallest absolute Gasteiger partial charge is 0.126 e. The third-order valence-electron chi connectivity index (χ3n) is 1.77. The van der Waals surface area contributed by atoms with E-state index in [1.54, 1.807) is 6.08 Å². The Kier molecular flexibility index (Phi) is 10.0. The number of hydrogen-bond donors (Lipinski definition) is 2. The molecule has 0 aliphatic heterocycles. The largest absolute Gasteiger partial charge is 0.393 e. The van der Waals surface area contributed by atoms with Gasteiger partial charge < -0.3 is 15.0 Å². The van der Waals surface area contributed by atoms with Crippen molar-refractivity contribution >= 4 is 5.78 Å². The molecule has 0 aliphatic rings. The van der Waals surface area contributed by atoms with Crippen LogP contribution in [-0.2, 0) is 4.79 Å². The lowest BCUT2D eigenvalue weighted by molar-refractivity contribution is -0.114. The topological polar surface area (TPSA) is 57.5 Å². The fraction of sp³-hybridized carbons (Fsp3) is 0.727. The summed E-state index contributed by atoms with van der Waals surface area (Å²) in [5.41, 5.74) is -0.881. The number of carbonyl (C=O) groups is 1. The predicted molar refractivity (Wildman–Crippen MR) is 58.1 cm³/mol. The predicted octanol–water partition coefficient (Wildman–Crippen LogP) is 1.68. The Hall–Kier alpha value is -0.670. The van der Waals surface area contributed by atoms with Crippen LogP contribution < -0.4 is 0 Å². The van der Waals surface area contributed by atoms with Crippen LogP contribution in [0.25, 0.3) is 0 Å². The van der Waals surface area contributed by atoms with E-state index in [-0.39, 0.29) is 12.4 Å². The maximum Gasteiger partial charge on any atom is 0.126 e. The molecule has 14 heavy (non-hydrogen) atoms. The van der Waals surface area contributed by atoms with Crippen molar-refractivity contribution in [2.75, 3.05) is 6.61 Å². The average Bonchev–Trinajstić information content (AvgIpc) is 2.13. The van der Waals surface area contributed by atoms with E-state index in [9.17, 15) is 9.90 Å². The Morgan fingerprint density at radius 1 is 1.50 bits per heavy atom. The van der Waals surface area contributed by atoms with Gasteiger partial charge in [-0.1, -0.05) is 13.0 Å². The minimum Gasteiger partial charge on any atom is -0.393 e. The lowest BCUT2D eigenvalue weighted by Gasteiger charge is -2.22. The van der Waals surface area contributed by atoms with E-state index in [2.05, 4.69) is 6.58 Å². The second-order valence-electron chi connectivity index (χ2n) is 3.47.